The van der Waals surface area contributed by atoms with E-state index in [1.54, 1.807) is 10.9 Å². The second kappa shape index (κ2) is 6.90. The third-order valence-corrected chi connectivity index (χ3v) is 5.64. The Morgan fingerprint density at radius 1 is 1.29 bits per heavy atom. The van der Waals surface area contributed by atoms with Gasteiger partial charge in [0, 0.05) is 19.5 Å². The molecule has 4 rings (SSSR count). The van der Waals surface area contributed by atoms with Crippen molar-refractivity contribution in [2.75, 3.05) is 18.0 Å². The number of para-hydroxylation sites is 1. The molecule has 0 radical (unpaired) electrons. The summed E-state index contributed by atoms with van der Waals surface area (Å²) in [7, 11) is 0. The number of aromatic nitrogens is 2. The molecule has 1 unspecified atom stereocenters. The zero-order valence-electron chi connectivity index (χ0n) is 15.3. The molecular formula is C19H22N4O5. The first-order valence-corrected chi connectivity index (χ1v) is 9.35. The maximum Gasteiger partial charge on any atom is 0.306 e. The van der Waals surface area contributed by atoms with Crippen molar-refractivity contribution in [2.45, 2.75) is 43.7 Å². The molecule has 2 aromatic rings. The Bertz CT molecular complexity index is 945. The summed E-state index contributed by atoms with van der Waals surface area (Å²) in [4.78, 5) is 41.2. The summed E-state index contributed by atoms with van der Waals surface area (Å²) in [5.41, 5.74) is 1.26. The van der Waals surface area contributed by atoms with Crippen LogP contribution in [0.25, 0.3) is 11.0 Å². The molecule has 0 aliphatic carbocycles. The highest BCUT2D eigenvalue weighted by atomic mass is 16.4. The molecule has 9 heteroatoms. The van der Waals surface area contributed by atoms with Gasteiger partial charge in [-0.1, -0.05) is 6.07 Å². The number of carboxylic acid groups (broad SMARTS) is 1. The third kappa shape index (κ3) is 3.33. The topological polar surface area (TPSA) is 125 Å². The second-order valence-corrected chi connectivity index (χ2v) is 7.55. The number of anilines is 1. The van der Waals surface area contributed by atoms with E-state index in [9.17, 15) is 19.5 Å². The van der Waals surface area contributed by atoms with Gasteiger partial charge in [-0.05, 0) is 31.4 Å². The maximum absolute atomic E-state index is 12.2. The fourth-order valence-electron chi connectivity index (χ4n) is 4.12. The van der Waals surface area contributed by atoms with Crippen LogP contribution in [0, 0.1) is 0 Å². The maximum atomic E-state index is 12.2. The highest BCUT2D eigenvalue weighted by Gasteiger charge is 2.35. The Morgan fingerprint density at radius 2 is 2.04 bits per heavy atom. The lowest BCUT2D eigenvalue weighted by atomic mass is 9.88. The minimum atomic E-state index is -1.18. The molecule has 3 N–H and O–H groups in total. The van der Waals surface area contributed by atoms with Gasteiger partial charge in [0.25, 0.3) is 0 Å². The van der Waals surface area contributed by atoms with Crippen molar-refractivity contribution in [3.63, 3.8) is 0 Å². The number of rotatable bonds is 4. The molecule has 2 aliphatic rings. The largest absolute Gasteiger partial charge is 0.481 e. The van der Waals surface area contributed by atoms with Crippen LogP contribution < -0.4 is 10.2 Å². The molecule has 2 fully saturated rings. The van der Waals surface area contributed by atoms with E-state index in [0.717, 1.165) is 16.7 Å². The van der Waals surface area contributed by atoms with E-state index < -0.39 is 17.6 Å². The highest BCUT2D eigenvalue weighted by molar-refractivity contribution is 6.00. The van der Waals surface area contributed by atoms with Gasteiger partial charge in [0.2, 0.25) is 11.8 Å². The third-order valence-electron chi connectivity index (χ3n) is 5.64. The van der Waals surface area contributed by atoms with Crippen LogP contribution in [0.3, 0.4) is 0 Å². The zero-order valence-corrected chi connectivity index (χ0v) is 15.3. The number of hydrogen-bond acceptors (Lipinski definition) is 6. The lowest BCUT2D eigenvalue weighted by Crippen LogP contribution is -2.45. The van der Waals surface area contributed by atoms with Crippen molar-refractivity contribution in [3.05, 3.63) is 24.5 Å². The fraction of sp³-hybridized carbons (Fsp3) is 0.474. The van der Waals surface area contributed by atoms with Crippen LogP contribution in [0.15, 0.2) is 24.5 Å². The van der Waals surface area contributed by atoms with Gasteiger partial charge in [-0.2, -0.15) is 0 Å². The molecule has 28 heavy (non-hydrogen) atoms. The SMILES string of the molecule is O=C(O)CC1(O)CCN(c2cccc3c2ncn3C2CCC(=O)NC2=O)CC1. The van der Waals surface area contributed by atoms with Gasteiger partial charge in [-0.15, -0.1) is 0 Å². The van der Waals surface area contributed by atoms with E-state index >= 15 is 0 Å². The van der Waals surface area contributed by atoms with Crippen LogP contribution in [0.2, 0.25) is 0 Å². The Labute approximate surface area is 161 Å². The summed E-state index contributed by atoms with van der Waals surface area (Å²) >= 11 is 0. The number of carbonyl (C=O) groups is 3. The van der Waals surface area contributed by atoms with Gasteiger partial charge in [0.15, 0.2) is 0 Å². The Balaban J connectivity index is 1.59. The van der Waals surface area contributed by atoms with Gasteiger partial charge >= 0.3 is 5.97 Å². The van der Waals surface area contributed by atoms with Gasteiger partial charge in [-0.25, -0.2) is 4.98 Å². The summed E-state index contributed by atoms with van der Waals surface area (Å²) < 4.78 is 1.80. The van der Waals surface area contributed by atoms with Crippen LogP contribution >= 0.6 is 0 Å². The number of carboxylic acids is 1. The number of hydrogen-bond donors (Lipinski definition) is 3. The van der Waals surface area contributed by atoms with Gasteiger partial charge < -0.3 is 19.7 Å². The number of benzene rings is 1. The molecule has 1 atom stereocenters. The Hall–Kier alpha value is -2.94. The molecule has 2 aliphatic heterocycles. The lowest BCUT2D eigenvalue weighted by Gasteiger charge is -2.38. The van der Waals surface area contributed by atoms with Crippen LogP contribution in [0.5, 0.6) is 0 Å². The highest BCUT2D eigenvalue weighted by Crippen LogP contribution is 2.33. The number of amides is 2. The summed E-state index contributed by atoms with van der Waals surface area (Å²) in [5, 5.41) is 21.8. The summed E-state index contributed by atoms with van der Waals surface area (Å²) in [6.45, 7) is 1.04. The van der Waals surface area contributed by atoms with Crippen molar-refractivity contribution in [2.24, 2.45) is 0 Å². The molecule has 1 aromatic carbocycles. The van der Waals surface area contributed by atoms with Crippen molar-refractivity contribution in [1.82, 2.24) is 14.9 Å². The van der Waals surface area contributed by atoms with Gasteiger partial charge in [0.1, 0.15) is 11.6 Å². The smallest absolute Gasteiger partial charge is 0.306 e. The van der Waals surface area contributed by atoms with Crippen molar-refractivity contribution >= 4 is 34.5 Å². The van der Waals surface area contributed by atoms with Crippen molar-refractivity contribution in [1.29, 1.82) is 0 Å². The minimum Gasteiger partial charge on any atom is -0.481 e. The van der Waals surface area contributed by atoms with Crippen LogP contribution in [-0.2, 0) is 14.4 Å². The van der Waals surface area contributed by atoms with Crippen LogP contribution in [0.4, 0.5) is 5.69 Å². The number of nitrogens with zero attached hydrogens (tertiary/aromatic N) is 3. The van der Waals surface area contributed by atoms with Crippen LogP contribution in [0.1, 0.15) is 38.1 Å². The standard InChI is InChI=1S/C19H22N4O5/c24-15-5-4-14(18(27)21-15)23-11-20-17-12(2-1-3-13(17)23)22-8-6-19(28,7-9-22)10-16(25)26/h1-3,11,14,28H,4-10H2,(H,25,26)(H,21,24,27). The Morgan fingerprint density at radius 3 is 2.71 bits per heavy atom. The number of aliphatic carboxylic acids is 1. The lowest BCUT2D eigenvalue weighted by molar-refractivity contribution is -0.143. The number of piperidine rings is 2. The van der Waals surface area contributed by atoms with E-state index in [2.05, 4.69) is 15.2 Å². The molecule has 0 spiro atoms. The first-order chi connectivity index (χ1) is 13.4. The van der Waals surface area contributed by atoms with E-state index in [0.29, 0.717) is 38.8 Å². The number of fused-ring (bicyclic) bond motifs is 1. The summed E-state index contributed by atoms with van der Waals surface area (Å²) in [5.74, 6) is -1.58. The van der Waals surface area contributed by atoms with Gasteiger partial charge in [0.05, 0.1) is 29.6 Å². The van der Waals surface area contributed by atoms with Gasteiger partial charge in [-0.3, -0.25) is 19.7 Å². The number of carbonyl (C=O) groups excluding carboxylic acids is 2. The first kappa shape index (κ1) is 18.4. The molecule has 148 valence electrons. The van der Waals surface area contributed by atoms with Crippen molar-refractivity contribution in [3.8, 4) is 0 Å². The molecule has 2 saturated heterocycles. The second-order valence-electron chi connectivity index (χ2n) is 7.55. The van der Waals surface area contributed by atoms with Crippen molar-refractivity contribution < 1.29 is 24.6 Å². The zero-order chi connectivity index (χ0) is 19.9. The summed E-state index contributed by atoms with van der Waals surface area (Å²) in [6, 6.07) is 5.24. The number of nitrogens with one attached hydrogen (secondary N) is 1. The summed E-state index contributed by atoms with van der Waals surface area (Å²) in [6.07, 6.45) is 2.83. The van der Waals surface area contributed by atoms with E-state index in [1.165, 1.54) is 0 Å². The monoisotopic (exact) mass is 386 g/mol. The first-order valence-electron chi connectivity index (χ1n) is 9.35. The molecule has 0 saturated carbocycles. The number of imidazole rings is 1. The Kier molecular flexibility index (Phi) is 4.54. The molecule has 0 bridgehead atoms. The molecule has 9 nitrogen and oxygen atoms in total. The number of imide groups is 1. The van der Waals surface area contributed by atoms with Crippen LogP contribution in [-0.4, -0.2) is 56.2 Å². The predicted octanol–water partition coefficient (Wildman–Crippen LogP) is 0.820. The predicted molar refractivity (Wildman–Crippen MR) is 99.8 cm³/mol. The molecule has 3 heterocycles. The normalized spacial score (nSPS) is 22.3. The molecular weight excluding hydrogens is 364 g/mol. The van der Waals surface area contributed by atoms with E-state index in [1.807, 2.05) is 18.2 Å². The molecule has 2 amide bonds. The van der Waals surface area contributed by atoms with E-state index in [-0.39, 0.29) is 18.2 Å². The average molecular weight is 386 g/mol. The molecule has 1 aromatic heterocycles. The average Bonchev–Trinajstić information content (AvgIpc) is 3.05. The quantitative estimate of drug-likeness (QED) is 0.665. The minimum absolute atomic E-state index is 0.255. The fourth-order valence-corrected chi connectivity index (χ4v) is 4.12. The van der Waals surface area contributed by atoms with E-state index in [4.69, 9.17) is 5.11 Å². The number of aliphatic hydroxyl groups is 1.